The average Bonchev–Trinajstić information content (AvgIpc) is 2.65. The monoisotopic (exact) mass is 273 g/mol. The van der Waals surface area contributed by atoms with E-state index in [9.17, 15) is 4.79 Å². The Labute approximate surface area is 120 Å². The van der Waals surface area contributed by atoms with Crippen LogP contribution in [0.3, 0.4) is 0 Å². The van der Waals surface area contributed by atoms with Gasteiger partial charge >= 0.3 is 0 Å². The van der Waals surface area contributed by atoms with Gasteiger partial charge in [0.25, 0.3) is 0 Å². The standard InChI is InChI=1S/C16H23N3O/c1-12-4-2-6-14(17-12)8-9-19-10-13-5-3-7-15(11-19)18-16(13)20/h2,4,6,13,15H,3,5,7-11H2,1H3,(H,18,20)/t13-,15+/m1/s1. The summed E-state index contributed by atoms with van der Waals surface area (Å²) in [4.78, 5) is 19.0. The molecule has 2 aliphatic rings. The molecule has 0 spiro atoms. The molecule has 4 nitrogen and oxygen atoms in total. The number of likely N-dealkylation sites (tertiary alicyclic amines) is 1. The van der Waals surface area contributed by atoms with E-state index in [-0.39, 0.29) is 11.8 Å². The summed E-state index contributed by atoms with van der Waals surface area (Å²) in [7, 11) is 0. The fourth-order valence-corrected chi connectivity index (χ4v) is 3.34. The number of aromatic nitrogens is 1. The van der Waals surface area contributed by atoms with Crippen molar-refractivity contribution in [3.05, 3.63) is 29.6 Å². The lowest BCUT2D eigenvalue weighted by molar-refractivity contribution is -0.124. The number of carbonyl (C=O) groups excluding carboxylic acids is 1. The lowest BCUT2D eigenvalue weighted by Gasteiger charge is -2.27. The second-order valence-electron chi connectivity index (χ2n) is 6.11. The Kier molecular flexibility index (Phi) is 4.01. The lowest BCUT2D eigenvalue weighted by atomic mass is 9.99. The fourth-order valence-electron chi connectivity index (χ4n) is 3.34. The van der Waals surface area contributed by atoms with Gasteiger partial charge in [-0.1, -0.05) is 12.5 Å². The molecule has 20 heavy (non-hydrogen) atoms. The molecule has 2 fully saturated rings. The van der Waals surface area contributed by atoms with Gasteiger partial charge in [-0.3, -0.25) is 9.78 Å². The number of hydrogen-bond donors (Lipinski definition) is 1. The van der Waals surface area contributed by atoms with Crippen LogP contribution < -0.4 is 5.32 Å². The van der Waals surface area contributed by atoms with Gasteiger partial charge in [-0.25, -0.2) is 0 Å². The van der Waals surface area contributed by atoms with Crippen LogP contribution in [0.25, 0.3) is 0 Å². The third-order valence-electron chi connectivity index (χ3n) is 4.41. The number of nitrogens with zero attached hydrogens (tertiary/aromatic N) is 2. The number of amides is 1. The minimum Gasteiger partial charge on any atom is -0.352 e. The maximum absolute atomic E-state index is 12.0. The highest BCUT2D eigenvalue weighted by Gasteiger charge is 2.32. The first-order valence-electron chi connectivity index (χ1n) is 7.66. The molecule has 0 aliphatic carbocycles. The second kappa shape index (κ2) is 5.92. The quantitative estimate of drug-likeness (QED) is 0.908. The van der Waals surface area contributed by atoms with Crippen molar-refractivity contribution in [1.82, 2.24) is 15.2 Å². The first-order chi connectivity index (χ1) is 9.70. The third-order valence-corrected chi connectivity index (χ3v) is 4.41. The van der Waals surface area contributed by atoms with E-state index in [1.807, 2.05) is 13.0 Å². The Morgan fingerprint density at radius 2 is 2.25 bits per heavy atom. The maximum atomic E-state index is 12.0. The van der Waals surface area contributed by atoms with Crippen LogP contribution in [-0.4, -0.2) is 41.5 Å². The van der Waals surface area contributed by atoms with Crippen LogP contribution in [0.1, 0.15) is 30.7 Å². The molecule has 0 saturated carbocycles. The van der Waals surface area contributed by atoms with E-state index < -0.39 is 0 Å². The van der Waals surface area contributed by atoms with Crippen LogP contribution in [0.5, 0.6) is 0 Å². The Balaban J connectivity index is 1.62. The van der Waals surface area contributed by atoms with Crippen LogP contribution in [0.15, 0.2) is 18.2 Å². The minimum atomic E-state index is 0.188. The molecule has 1 aromatic heterocycles. The molecule has 2 atom stereocenters. The SMILES string of the molecule is Cc1cccc(CCN2C[C@@H]3CCC[C@H](C2)C(=O)N3)n1. The number of fused-ring (bicyclic) bond motifs is 3. The highest BCUT2D eigenvalue weighted by molar-refractivity contribution is 5.79. The van der Waals surface area contributed by atoms with Crippen LogP contribution in [0.4, 0.5) is 0 Å². The molecule has 2 bridgehead atoms. The average molecular weight is 273 g/mol. The summed E-state index contributed by atoms with van der Waals surface area (Å²) in [6.07, 6.45) is 4.32. The summed E-state index contributed by atoms with van der Waals surface area (Å²) in [5.74, 6) is 0.455. The number of hydrogen-bond acceptors (Lipinski definition) is 3. The predicted octanol–water partition coefficient (Wildman–Crippen LogP) is 1.53. The summed E-state index contributed by atoms with van der Waals surface area (Å²) >= 11 is 0. The molecule has 2 saturated heterocycles. The van der Waals surface area contributed by atoms with E-state index in [0.29, 0.717) is 6.04 Å². The molecule has 0 aromatic carbocycles. The molecule has 2 aliphatic heterocycles. The van der Waals surface area contributed by atoms with Gasteiger partial charge in [0.1, 0.15) is 0 Å². The summed E-state index contributed by atoms with van der Waals surface area (Å²) in [5, 5.41) is 3.18. The van der Waals surface area contributed by atoms with Gasteiger partial charge in [-0.05, 0) is 31.9 Å². The Morgan fingerprint density at radius 3 is 3.10 bits per heavy atom. The van der Waals surface area contributed by atoms with Crippen molar-refractivity contribution in [2.24, 2.45) is 5.92 Å². The van der Waals surface area contributed by atoms with Gasteiger partial charge in [0.05, 0.1) is 5.92 Å². The molecule has 4 heteroatoms. The molecule has 3 rings (SSSR count). The normalized spacial score (nSPS) is 26.9. The van der Waals surface area contributed by atoms with E-state index in [0.717, 1.165) is 50.3 Å². The second-order valence-corrected chi connectivity index (χ2v) is 6.11. The van der Waals surface area contributed by atoms with Crippen molar-refractivity contribution in [3.8, 4) is 0 Å². The molecule has 1 amide bonds. The molecule has 3 heterocycles. The Bertz CT molecular complexity index is 488. The van der Waals surface area contributed by atoms with Crippen molar-refractivity contribution in [1.29, 1.82) is 0 Å². The lowest BCUT2D eigenvalue weighted by Crippen LogP contribution is -2.39. The van der Waals surface area contributed by atoms with E-state index in [4.69, 9.17) is 0 Å². The van der Waals surface area contributed by atoms with Crippen molar-refractivity contribution in [2.75, 3.05) is 19.6 Å². The van der Waals surface area contributed by atoms with E-state index >= 15 is 0 Å². The van der Waals surface area contributed by atoms with Crippen LogP contribution >= 0.6 is 0 Å². The highest BCUT2D eigenvalue weighted by Crippen LogP contribution is 2.21. The van der Waals surface area contributed by atoms with Gasteiger partial charge in [-0.2, -0.15) is 0 Å². The zero-order valence-corrected chi connectivity index (χ0v) is 12.1. The van der Waals surface area contributed by atoms with Crippen LogP contribution in [0.2, 0.25) is 0 Å². The molecule has 1 N–H and O–H groups in total. The summed E-state index contributed by atoms with van der Waals surface area (Å²) in [5.41, 5.74) is 2.23. The van der Waals surface area contributed by atoms with Gasteiger partial charge < -0.3 is 10.2 Å². The van der Waals surface area contributed by atoms with Gasteiger partial charge in [0.15, 0.2) is 0 Å². The van der Waals surface area contributed by atoms with E-state index in [1.54, 1.807) is 0 Å². The Hall–Kier alpha value is -1.42. The zero-order chi connectivity index (χ0) is 13.9. The first-order valence-corrected chi connectivity index (χ1v) is 7.66. The third kappa shape index (κ3) is 3.18. The number of aryl methyl sites for hydroxylation is 1. The molecular weight excluding hydrogens is 250 g/mol. The summed E-state index contributed by atoms with van der Waals surface area (Å²) < 4.78 is 0. The van der Waals surface area contributed by atoms with Crippen molar-refractivity contribution < 1.29 is 4.79 Å². The summed E-state index contributed by atoms with van der Waals surface area (Å²) in [6.45, 7) is 4.93. The minimum absolute atomic E-state index is 0.188. The number of nitrogens with one attached hydrogen (secondary N) is 1. The topological polar surface area (TPSA) is 45.2 Å². The first kappa shape index (κ1) is 13.6. The van der Waals surface area contributed by atoms with Gasteiger partial charge in [0.2, 0.25) is 5.91 Å². The molecule has 108 valence electrons. The maximum Gasteiger partial charge on any atom is 0.224 e. The fraction of sp³-hybridized carbons (Fsp3) is 0.625. The van der Waals surface area contributed by atoms with Crippen molar-refractivity contribution in [2.45, 2.75) is 38.6 Å². The molecule has 1 aromatic rings. The largest absolute Gasteiger partial charge is 0.352 e. The van der Waals surface area contributed by atoms with E-state index in [1.165, 1.54) is 6.42 Å². The molecule has 0 unspecified atom stereocenters. The van der Waals surface area contributed by atoms with Crippen LogP contribution in [-0.2, 0) is 11.2 Å². The number of rotatable bonds is 3. The van der Waals surface area contributed by atoms with E-state index in [2.05, 4.69) is 27.3 Å². The predicted molar refractivity (Wildman–Crippen MR) is 78.4 cm³/mol. The van der Waals surface area contributed by atoms with Gasteiger partial charge in [-0.15, -0.1) is 0 Å². The smallest absolute Gasteiger partial charge is 0.224 e. The zero-order valence-electron chi connectivity index (χ0n) is 12.1. The van der Waals surface area contributed by atoms with Crippen molar-refractivity contribution >= 4 is 5.91 Å². The Morgan fingerprint density at radius 1 is 1.35 bits per heavy atom. The number of pyridine rings is 1. The highest BCUT2D eigenvalue weighted by atomic mass is 16.2. The number of carbonyl (C=O) groups is 1. The van der Waals surface area contributed by atoms with Crippen LogP contribution in [0, 0.1) is 12.8 Å². The summed E-state index contributed by atoms with van der Waals surface area (Å²) in [6, 6.07) is 6.54. The molecule has 0 radical (unpaired) electrons. The van der Waals surface area contributed by atoms with Gasteiger partial charge in [0, 0.05) is 43.5 Å². The van der Waals surface area contributed by atoms with Crippen molar-refractivity contribution in [3.63, 3.8) is 0 Å². The molecular formula is C16H23N3O.